The van der Waals surface area contributed by atoms with E-state index in [4.69, 9.17) is 0 Å². The molecule has 0 radical (unpaired) electrons. The first-order valence-corrected chi connectivity index (χ1v) is 8.75. The molecule has 1 aromatic heterocycles. The number of amides is 1. The lowest BCUT2D eigenvalue weighted by Crippen LogP contribution is -2.37. The van der Waals surface area contributed by atoms with Gasteiger partial charge >= 0.3 is 0 Å². The Balaban J connectivity index is 1.87. The second kappa shape index (κ2) is 6.76. The largest absolute Gasteiger partial charge is 0.345 e. The van der Waals surface area contributed by atoms with Gasteiger partial charge in [0, 0.05) is 18.5 Å². The highest BCUT2D eigenvalue weighted by atomic mass is 32.2. The molecule has 1 aromatic carbocycles. The van der Waals surface area contributed by atoms with Gasteiger partial charge in [0.2, 0.25) is 0 Å². The highest BCUT2D eigenvalue weighted by molar-refractivity contribution is 7.99. The summed E-state index contributed by atoms with van der Waals surface area (Å²) in [5, 5.41) is 3.53. The van der Waals surface area contributed by atoms with Crippen LogP contribution < -0.4 is 10.9 Å². The first-order valence-electron chi connectivity index (χ1n) is 7.76. The second-order valence-corrected chi connectivity index (χ2v) is 7.07. The molecule has 0 bridgehead atoms. The van der Waals surface area contributed by atoms with Gasteiger partial charge < -0.3 is 5.32 Å². The highest BCUT2D eigenvalue weighted by Crippen LogP contribution is 2.23. The average Bonchev–Trinajstić information content (AvgIpc) is 3.03. The third kappa shape index (κ3) is 3.21. The van der Waals surface area contributed by atoms with Crippen LogP contribution in [0.1, 0.15) is 35.8 Å². The van der Waals surface area contributed by atoms with Crippen molar-refractivity contribution in [3.8, 4) is 0 Å². The summed E-state index contributed by atoms with van der Waals surface area (Å²) < 4.78 is 14.6. The van der Waals surface area contributed by atoms with Gasteiger partial charge in [0.05, 0.1) is 6.04 Å². The smallest absolute Gasteiger partial charge is 0.267 e. The molecule has 2 heterocycles. The molecule has 1 amide bonds. The van der Waals surface area contributed by atoms with Gasteiger partial charge in [0.1, 0.15) is 11.4 Å². The van der Waals surface area contributed by atoms with Gasteiger partial charge in [-0.1, -0.05) is 37.7 Å². The van der Waals surface area contributed by atoms with Crippen LogP contribution >= 0.6 is 11.8 Å². The summed E-state index contributed by atoms with van der Waals surface area (Å²) in [7, 11) is 0. The van der Waals surface area contributed by atoms with E-state index >= 15 is 0 Å². The molecule has 24 heavy (non-hydrogen) atoms. The SMILES string of the molecule is CC(C)[C@@H](NC(=O)c1cnc2n(c1=O)CCS2)c1ccc(F)cc1. The summed E-state index contributed by atoms with van der Waals surface area (Å²) in [6.07, 6.45) is 1.34. The van der Waals surface area contributed by atoms with E-state index < -0.39 is 5.91 Å². The molecule has 0 aliphatic carbocycles. The van der Waals surface area contributed by atoms with Gasteiger partial charge in [0.15, 0.2) is 5.16 Å². The molecule has 1 aliphatic heterocycles. The van der Waals surface area contributed by atoms with Crippen molar-refractivity contribution in [3.05, 3.63) is 57.8 Å². The molecule has 7 heteroatoms. The van der Waals surface area contributed by atoms with Crippen molar-refractivity contribution >= 4 is 17.7 Å². The van der Waals surface area contributed by atoms with Gasteiger partial charge in [-0.3, -0.25) is 14.2 Å². The normalized spacial score (nSPS) is 14.5. The van der Waals surface area contributed by atoms with Crippen molar-refractivity contribution in [1.82, 2.24) is 14.9 Å². The van der Waals surface area contributed by atoms with Gasteiger partial charge in [0.25, 0.3) is 11.5 Å². The Kier molecular flexibility index (Phi) is 4.71. The molecule has 0 fully saturated rings. The first kappa shape index (κ1) is 16.7. The van der Waals surface area contributed by atoms with Gasteiger partial charge in [-0.2, -0.15) is 0 Å². The topological polar surface area (TPSA) is 64.0 Å². The fraction of sp³-hybridized carbons (Fsp3) is 0.353. The van der Waals surface area contributed by atoms with Crippen LogP contribution in [0.15, 0.2) is 40.4 Å². The maximum absolute atomic E-state index is 13.1. The average molecular weight is 347 g/mol. The molecule has 0 spiro atoms. The molecule has 1 N–H and O–H groups in total. The van der Waals surface area contributed by atoms with Crippen LogP contribution in [-0.2, 0) is 6.54 Å². The minimum absolute atomic E-state index is 0.0361. The number of rotatable bonds is 4. The third-order valence-corrected chi connectivity index (χ3v) is 4.95. The van der Waals surface area contributed by atoms with Crippen LogP contribution in [0.25, 0.3) is 0 Å². The fourth-order valence-electron chi connectivity index (χ4n) is 2.70. The number of aromatic nitrogens is 2. The highest BCUT2D eigenvalue weighted by Gasteiger charge is 2.24. The molecule has 2 aromatic rings. The molecule has 0 unspecified atom stereocenters. The summed E-state index contributed by atoms with van der Waals surface area (Å²) in [5.74, 6) is 0.0892. The number of halogens is 1. The van der Waals surface area contributed by atoms with E-state index in [1.165, 1.54) is 34.7 Å². The molecule has 1 aliphatic rings. The predicted octanol–water partition coefficient (Wildman–Crippen LogP) is 2.62. The van der Waals surface area contributed by atoms with Crippen LogP contribution in [0, 0.1) is 11.7 Å². The van der Waals surface area contributed by atoms with E-state index in [1.807, 2.05) is 13.8 Å². The lowest BCUT2D eigenvalue weighted by molar-refractivity contribution is 0.0922. The number of fused-ring (bicyclic) bond motifs is 1. The van der Waals surface area contributed by atoms with Crippen molar-refractivity contribution < 1.29 is 9.18 Å². The molecular weight excluding hydrogens is 329 g/mol. The van der Waals surface area contributed by atoms with Gasteiger partial charge in [-0.05, 0) is 23.6 Å². The zero-order chi connectivity index (χ0) is 17.3. The van der Waals surface area contributed by atoms with Crippen LogP contribution in [-0.4, -0.2) is 21.2 Å². The Morgan fingerprint density at radius 1 is 1.33 bits per heavy atom. The molecule has 1 atom stereocenters. The number of benzene rings is 1. The number of hydrogen-bond acceptors (Lipinski definition) is 4. The maximum atomic E-state index is 13.1. The Bertz CT molecular complexity index is 818. The summed E-state index contributed by atoms with van der Waals surface area (Å²) in [6.45, 7) is 4.48. The Morgan fingerprint density at radius 2 is 2.04 bits per heavy atom. The zero-order valence-corrected chi connectivity index (χ0v) is 14.3. The molecule has 3 rings (SSSR count). The summed E-state index contributed by atoms with van der Waals surface area (Å²) in [5.41, 5.74) is 0.516. The Morgan fingerprint density at radius 3 is 2.71 bits per heavy atom. The van der Waals surface area contributed by atoms with E-state index in [1.54, 1.807) is 12.1 Å². The minimum atomic E-state index is -0.456. The maximum Gasteiger partial charge on any atom is 0.267 e. The first-order chi connectivity index (χ1) is 11.5. The summed E-state index contributed by atoms with van der Waals surface area (Å²) in [6, 6.07) is 5.69. The van der Waals surface area contributed by atoms with Crippen LogP contribution in [0.3, 0.4) is 0 Å². The standard InChI is InChI=1S/C17H18FN3O2S/c1-10(2)14(11-3-5-12(18)6-4-11)20-15(22)13-9-19-17-21(16(13)23)7-8-24-17/h3-6,9-10,14H,7-8H2,1-2H3,(H,20,22)/t14-/m1/s1. The Labute approximate surface area is 143 Å². The lowest BCUT2D eigenvalue weighted by Gasteiger charge is -2.23. The van der Waals surface area contributed by atoms with Crippen molar-refractivity contribution in [1.29, 1.82) is 0 Å². The zero-order valence-electron chi connectivity index (χ0n) is 13.5. The number of hydrogen-bond donors (Lipinski definition) is 1. The van der Waals surface area contributed by atoms with Crippen LogP contribution in [0.2, 0.25) is 0 Å². The minimum Gasteiger partial charge on any atom is -0.345 e. The summed E-state index contributed by atoms with van der Waals surface area (Å²) >= 11 is 1.50. The van der Waals surface area contributed by atoms with E-state index in [2.05, 4.69) is 10.3 Å². The van der Waals surface area contributed by atoms with Gasteiger partial charge in [-0.25, -0.2) is 9.37 Å². The van der Waals surface area contributed by atoms with Crippen molar-refractivity contribution in [2.45, 2.75) is 31.6 Å². The molecule has 0 saturated carbocycles. The molecular formula is C17H18FN3O2S. The van der Waals surface area contributed by atoms with Crippen LogP contribution in [0.4, 0.5) is 4.39 Å². The number of carbonyl (C=O) groups excluding carboxylic acids is 1. The molecule has 126 valence electrons. The lowest BCUT2D eigenvalue weighted by atomic mass is 9.95. The van der Waals surface area contributed by atoms with Crippen LogP contribution in [0.5, 0.6) is 0 Å². The second-order valence-electron chi connectivity index (χ2n) is 6.01. The van der Waals surface area contributed by atoms with E-state index in [9.17, 15) is 14.0 Å². The quantitative estimate of drug-likeness (QED) is 0.864. The number of nitrogens with zero attached hydrogens (tertiary/aromatic N) is 2. The van der Waals surface area contributed by atoms with Gasteiger partial charge in [-0.15, -0.1) is 0 Å². The fourth-order valence-corrected chi connectivity index (χ4v) is 3.61. The van der Waals surface area contributed by atoms with Crippen molar-refractivity contribution in [3.63, 3.8) is 0 Å². The number of thioether (sulfide) groups is 1. The molecule has 0 saturated heterocycles. The van der Waals surface area contributed by atoms with E-state index in [0.717, 1.165) is 11.3 Å². The molecule has 5 nitrogen and oxygen atoms in total. The summed E-state index contributed by atoms with van der Waals surface area (Å²) in [4.78, 5) is 29.2. The van der Waals surface area contributed by atoms with E-state index in [-0.39, 0.29) is 28.9 Å². The van der Waals surface area contributed by atoms with Crippen molar-refractivity contribution in [2.24, 2.45) is 5.92 Å². The Hall–Kier alpha value is -2.15. The monoisotopic (exact) mass is 347 g/mol. The van der Waals surface area contributed by atoms with Crippen molar-refractivity contribution in [2.75, 3.05) is 5.75 Å². The van der Waals surface area contributed by atoms with E-state index in [0.29, 0.717) is 11.7 Å². The number of nitrogens with one attached hydrogen (secondary N) is 1. The predicted molar refractivity (Wildman–Crippen MR) is 90.7 cm³/mol. The number of carbonyl (C=O) groups is 1. The third-order valence-electron chi connectivity index (χ3n) is 3.98.